The predicted molar refractivity (Wildman–Crippen MR) is 119 cm³/mol. The molecule has 0 amide bonds. The number of methoxy groups -OCH3 is 2. The van der Waals surface area contributed by atoms with E-state index in [1.165, 1.54) is 10.7 Å². The highest BCUT2D eigenvalue weighted by Gasteiger charge is 2.19. The zero-order valence-corrected chi connectivity index (χ0v) is 18.3. The van der Waals surface area contributed by atoms with E-state index in [1.54, 1.807) is 25.6 Å². The Labute approximate surface area is 176 Å². The first-order valence-electron chi connectivity index (χ1n) is 10.1. The van der Waals surface area contributed by atoms with Crippen molar-refractivity contribution in [3.05, 3.63) is 34.3 Å². The summed E-state index contributed by atoms with van der Waals surface area (Å²) in [6, 6.07) is 5.59. The van der Waals surface area contributed by atoms with Crippen molar-refractivity contribution in [2.45, 2.75) is 32.7 Å². The number of nitrogens with one attached hydrogen (secondary N) is 1. The van der Waals surface area contributed by atoms with E-state index < -0.39 is 0 Å². The Morgan fingerprint density at radius 2 is 2.03 bits per heavy atom. The summed E-state index contributed by atoms with van der Waals surface area (Å²) in [6.07, 6.45) is 3.29. The lowest BCUT2D eigenvalue weighted by Crippen LogP contribution is -2.34. The monoisotopic (exact) mass is 417 g/mol. The smallest absolute Gasteiger partial charge is 0.193 e. The Morgan fingerprint density at radius 3 is 2.69 bits per heavy atom. The number of guanidine groups is 1. The molecular weight excluding hydrogens is 386 g/mol. The van der Waals surface area contributed by atoms with E-state index in [-0.39, 0.29) is 0 Å². The van der Waals surface area contributed by atoms with Crippen LogP contribution in [0.1, 0.15) is 30.5 Å². The number of nitrogens with two attached hydrogens (primary N) is 1. The fraction of sp³-hybridized carbons (Fsp3) is 0.524. The Bertz CT molecular complexity index is 815. The van der Waals surface area contributed by atoms with Crippen LogP contribution in [0.25, 0.3) is 0 Å². The molecule has 29 heavy (non-hydrogen) atoms. The molecule has 0 unspecified atom stereocenters. The summed E-state index contributed by atoms with van der Waals surface area (Å²) < 4.78 is 10.6. The van der Waals surface area contributed by atoms with Crippen molar-refractivity contribution < 1.29 is 9.47 Å². The van der Waals surface area contributed by atoms with Gasteiger partial charge in [-0.3, -0.25) is 9.89 Å². The lowest BCUT2D eigenvalue weighted by Gasteiger charge is -2.30. The molecule has 0 saturated carbocycles. The number of anilines is 1. The van der Waals surface area contributed by atoms with E-state index in [0.29, 0.717) is 23.4 Å². The highest BCUT2D eigenvalue weighted by atomic mass is 32.1. The summed E-state index contributed by atoms with van der Waals surface area (Å²) in [6.45, 7) is 6.02. The van der Waals surface area contributed by atoms with Crippen LogP contribution in [-0.2, 0) is 13.0 Å². The number of likely N-dealkylation sites (tertiary alicyclic amines) is 1. The van der Waals surface area contributed by atoms with E-state index in [0.717, 1.165) is 51.1 Å². The topological polar surface area (TPSA) is 85.0 Å². The van der Waals surface area contributed by atoms with E-state index >= 15 is 0 Å². The Kier molecular flexibility index (Phi) is 7.71. The van der Waals surface area contributed by atoms with Crippen molar-refractivity contribution in [3.8, 4) is 11.5 Å². The van der Waals surface area contributed by atoms with Crippen molar-refractivity contribution in [1.82, 2.24) is 9.88 Å². The van der Waals surface area contributed by atoms with Gasteiger partial charge < -0.3 is 20.5 Å². The molecule has 158 valence electrons. The normalized spacial score (nSPS) is 16.0. The standard InChI is InChI=1S/C21H31N5O2S/c1-4-20-24-17(14-29-20)13-26-9-7-15(8-10-26)12-23-21(22)25-16-5-6-18(27-2)19(11-16)28-3/h5-6,11,14-15H,4,7-10,12-13H2,1-3H3,(H3,22,23,25). The Hall–Kier alpha value is -2.32. The first-order valence-corrected chi connectivity index (χ1v) is 10.9. The van der Waals surface area contributed by atoms with Gasteiger partial charge in [-0.1, -0.05) is 6.92 Å². The second-order valence-corrected chi connectivity index (χ2v) is 8.17. The third kappa shape index (κ3) is 6.08. The number of rotatable bonds is 8. The van der Waals surface area contributed by atoms with Crippen LogP contribution in [0, 0.1) is 5.92 Å². The molecule has 0 radical (unpaired) electrons. The SMILES string of the molecule is CCc1nc(CN2CCC(CN=C(N)Nc3ccc(OC)c(OC)c3)CC2)cs1. The number of aryl methyl sites for hydroxylation is 1. The minimum Gasteiger partial charge on any atom is -0.493 e. The number of aliphatic imine (C=N–C) groups is 1. The molecule has 1 aliphatic heterocycles. The van der Waals surface area contributed by atoms with E-state index in [9.17, 15) is 0 Å². The number of thiazole rings is 1. The molecule has 1 aromatic heterocycles. The molecule has 8 heteroatoms. The molecule has 0 aliphatic carbocycles. The van der Waals surface area contributed by atoms with Gasteiger partial charge >= 0.3 is 0 Å². The third-order valence-corrected chi connectivity index (χ3v) is 6.21. The van der Waals surface area contributed by atoms with Gasteiger partial charge in [-0.15, -0.1) is 11.3 Å². The van der Waals surface area contributed by atoms with Gasteiger partial charge in [0, 0.05) is 30.2 Å². The number of hydrogen-bond donors (Lipinski definition) is 2. The van der Waals surface area contributed by atoms with Gasteiger partial charge in [0.05, 0.1) is 24.9 Å². The molecule has 0 atom stereocenters. The first-order chi connectivity index (χ1) is 14.1. The fourth-order valence-corrected chi connectivity index (χ4v) is 4.20. The fourth-order valence-electron chi connectivity index (χ4n) is 3.47. The van der Waals surface area contributed by atoms with Crippen LogP contribution >= 0.6 is 11.3 Å². The van der Waals surface area contributed by atoms with Crippen LogP contribution in [0.15, 0.2) is 28.6 Å². The summed E-state index contributed by atoms with van der Waals surface area (Å²) in [5.41, 5.74) is 8.11. The third-order valence-electron chi connectivity index (χ3n) is 5.17. The number of piperidine rings is 1. The second-order valence-electron chi connectivity index (χ2n) is 7.23. The average Bonchev–Trinajstić information content (AvgIpc) is 3.20. The summed E-state index contributed by atoms with van der Waals surface area (Å²) in [7, 11) is 3.23. The summed E-state index contributed by atoms with van der Waals surface area (Å²) in [4.78, 5) is 11.7. The van der Waals surface area contributed by atoms with Gasteiger partial charge in [-0.2, -0.15) is 0 Å². The van der Waals surface area contributed by atoms with Crippen LogP contribution < -0.4 is 20.5 Å². The van der Waals surface area contributed by atoms with Crippen molar-refractivity contribution >= 4 is 23.0 Å². The maximum atomic E-state index is 6.08. The molecule has 1 aromatic carbocycles. The molecule has 1 fully saturated rings. The van der Waals surface area contributed by atoms with Gasteiger partial charge in [0.25, 0.3) is 0 Å². The number of nitrogens with zero attached hydrogens (tertiary/aromatic N) is 3. The van der Waals surface area contributed by atoms with Crippen molar-refractivity contribution in [3.63, 3.8) is 0 Å². The Balaban J connectivity index is 1.44. The van der Waals surface area contributed by atoms with E-state index in [2.05, 4.69) is 32.5 Å². The van der Waals surface area contributed by atoms with Gasteiger partial charge in [0.15, 0.2) is 17.5 Å². The highest BCUT2D eigenvalue weighted by molar-refractivity contribution is 7.09. The maximum absolute atomic E-state index is 6.08. The average molecular weight is 418 g/mol. The number of hydrogen-bond acceptors (Lipinski definition) is 6. The lowest BCUT2D eigenvalue weighted by molar-refractivity contribution is 0.179. The molecule has 3 rings (SSSR count). The summed E-state index contributed by atoms with van der Waals surface area (Å²) in [5, 5.41) is 6.55. The largest absolute Gasteiger partial charge is 0.493 e. The molecule has 2 heterocycles. The number of benzene rings is 1. The van der Waals surface area contributed by atoms with Crippen LogP contribution in [0.4, 0.5) is 5.69 Å². The molecule has 0 bridgehead atoms. The van der Waals surface area contributed by atoms with Crippen molar-refractivity contribution in [2.24, 2.45) is 16.6 Å². The van der Waals surface area contributed by atoms with Crippen LogP contribution in [0.2, 0.25) is 0 Å². The predicted octanol–water partition coefficient (Wildman–Crippen LogP) is 3.36. The van der Waals surface area contributed by atoms with E-state index in [4.69, 9.17) is 15.2 Å². The quantitative estimate of drug-likeness (QED) is 0.506. The molecular formula is C21H31N5O2S. The van der Waals surface area contributed by atoms with Gasteiger partial charge in [0.2, 0.25) is 0 Å². The lowest BCUT2D eigenvalue weighted by atomic mass is 9.97. The maximum Gasteiger partial charge on any atom is 0.193 e. The minimum atomic E-state index is 0.425. The molecule has 1 aliphatic rings. The van der Waals surface area contributed by atoms with E-state index in [1.807, 2.05) is 18.2 Å². The molecule has 7 nitrogen and oxygen atoms in total. The first kappa shape index (κ1) is 21.4. The van der Waals surface area contributed by atoms with Crippen LogP contribution in [0.5, 0.6) is 11.5 Å². The summed E-state index contributed by atoms with van der Waals surface area (Å²) in [5.74, 6) is 2.33. The Morgan fingerprint density at radius 1 is 1.28 bits per heavy atom. The minimum absolute atomic E-state index is 0.425. The second kappa shape index (κ2) is 10.5. The summed E-state index contributed by atoms with van der Waals surface area (Å²) >= 11 is 1.76. The van der Waals surface area contributed by atoms with Gasteiger partial charge in [0.1, 0.15) is 0 Å². The van der Waals surface area contributed by atoms with Crippen LogP contribution in [0.3, 0.4) is 0 Å². The zero-order valence-electron chi connectivity index (χ0n) is 17.5. The van der Waals surface area contributed by atoms with Gasteiger partial charge in [-0.05, 0) is 50.4 Å². The van der Waals surface area contributed by atoms with Gasteiger partial charge in [-0.25, -0.2) is 4.98 Å². The van der Waals surface area contributed by atoms with Crippen LogP contribution in [-0.4, -0.2) is 49.7 Å². The number of aromatic nitrogens is 1. The van der Waals surface area contributed by atoms with Crippen molar-refractivity contribution in [1.29, 1.82) is 0 Å². The number of ether oxygens (including phenoxy) is 2. The highest BCUT2D eigenvalue weighted by Crippen LogP contribution is 2.29. The molecule has 0 spiro atoms. The molecule has 3 N–H and O–H groups in total. The molecule has 2 aromatic rings. The molecule has 1 saturated heterocycles. The van der Waals surface area contributed by atoms with Crippen molar-refractivity contribution in [2.75, 3.05) is 39.2 Å². The zero-order chi connectivity index (χ0) is 20.6.